The first-order valence-electron chi connectivity index (χ1n) is 14.3. The van der Waals surface area contributed by atoms with E-state index in [1.54, 1.807) is 0 Å². The molecule has 0 spiro atoms. The Kier molecular flexibility index (Phi) is 6.31. The van der Waals surface area contributed by atoms with Gasteiger partial charge in [-0.2, -0.15) is 0 Å². The third-order valence-electron chi connectivity index (χ3n) is 10.7. The highest BCUT2D eigenvalue weighted by atomic mass is 28.4. The minimum atomic E-state index is -1.71. The number of hydrogen-bond donors (Lipinski definition) is 1. The summed E-state index contributed by atoms with van der Waals surface area (Å²) in [5, 5.41) is 12.5. The van der Waals surface area contributed by atoms with Crippen LogP contribution in [0.15, 0.2) is 16.7 Å². The third-order valence-corrected chi connectivity index (χ3v) is 12.6. The van der Waals surface area contributed by atoms with Crippen LogP contribution in [-0.4, -0.2) is 33.4 Å². The van der Waals surface area contributed by atoms with Gasteiger partial charge in [0.05, 0.1) is 11.9 Å². The first-order valence-corrected chi connectivity index (χ1v) is 21.1. The molecular formula is C29H50O4Si2. The van der Waals surface area contributed by atoms with E-state index in [9.17, 15) is 5.11 Å². The first-order chi connectivity index (χ1) is 16.1. The fourth-order valence-electron chi connectivity index (χ4n) is 9.20. The largest absolute Gasteiger partial charge is 0.519 e. The van der Waals surface area contributed by atoms with Crippen molar-refractivity contribution in [3.63, 3.8) is 0 Å². The molecule has 6 heteroatoms. The van der Waals surface area contributed by atoms with E-state index in [4.69, 9.17) is 13.3 Å². The molecule has 4 nitrogen and oxygen atoms in total. The lowest BCUT2D eigenvalue weighted by molar-refractivity contribution is -0.204. The van der Waals surface area contributed by atoms with E-state index in [1.807, 2.05) is 6.26 Å². The first kappa shape index (κ1) is 26.1. The molecule has 0 aliphatic heterocycles. The van der Waals surface area contributed by atoms with Gasteiger partial charge in [0.25, 0.3) is 5.95 Å². The zero-order chi connectivity index (χ0) is 25.4. The van der Waals surface area contributed by atoms with Gasteiger partial charge in [-0.25, -0.2) is 0 Å². The summed E-state index contributed by atoms with van der Waals surface area (Å²) >= 11 is 0. The Morgan fingerprint density at radius 2 is 1.63 bits per heavy atom. The molecular weight excluding hydrogens is 468 g/mol. The summed E-state index contributed by atoms with van der Waals surface area (Å²) in [5.74, 6) is 2.83. The molecule has 0 radical (unpaired) electrons. The molecule has 5 rings (SSSR count). The minimum absolute atomic E-state index is 0.0875. The second kappa shape index (κ2) is 8.47. The molecule has 0 aromatic carbocycles. The average Bonchev–Trinajstić information content (AvgIpc) is 3.27. The van der Waals surface area contributed by atoms with Gasteiger partial charge in [-0.1, -0.05) is 13.8 Å². The SMILES string of the molecule is C[C@]12CCC(O[Si](C)(C)C)CC1CC[C@@H]1[C@@H]2CC[C@]2(C)C(c3coc(O[Si](C)(C)C)c3)CC[C@@]12O. The van der Waals surface area contributed by atoms with Crippen LogP contribution in [0.4, 0.5) is 0 Å². The summed E-state index contributed by atoms with van der Waals surface area (Å²) in [4.78, 5) is 0. The number of fused-ring (bicyclic) bond motifs is 5. The molecule has 0 bridgehead atoms. The zero-order valence-electron chi connectivity index (χ0n) is 23.6. The summed E-state index contributed by atoms with van der Waals surface area (Å²) in [5.41, 5.74) is 0.928. The lowest BCUT2D eigenvalue weighted by atomic mass is 9.43. The van der Waals surface area contributed by atoms with Crippen molar-refractivity contribution in [2.24, 2.45) is 28.6 Å². The van der Waals surface area contributed by atoms with E-state index in [-0.39, 0.29) is 5.41 Å². The van der Waals surface area contributed by atoms with Gasteiger partial charge in [0.2, 0.25) is 8.32 Å². The van der Waals surface area contributed by atoms with E-state index in [1.165, 1.54) is 44.1 Å². The van der Waals surface area contributed by atoms with Crippen molar-refractivity contribution < 1.29 is 18.4 Å². The van der Waals surface area contributed by atoms with E-state index in [0.29, 0.717) is 35.2 Å². The van der Waals surface area contributed by atoms with Gasteiger partial charge in [-0.15, -0.1) is 0 Å². The quantitative estimate of drug-likeness (QED) is 0.402. The van der Waals surface area contributed by atoms with Crippen molar-refractivity contribution in [2.45, 2.75) is 129 Å². The molecule has 0 amide bonds. The predicted octanol–water partition coefficient (Wildman–Crippen LogP) is 7.95. The van der Waals surface area contributed by atoms with Crippen LogP contribution in [0.25, 0.3) is 0 Å². The van der Waals surface area contributed by atoms with E-state index in [2.05, 4.69) is 59.2 Å². The molecule has 4 aliphatic rings. The summed E-state index contributed by atoms with van der Waals surface area (Å²) in [7, 11) is -3.21. The van der Waals surface area contributed by atoms with Gasteiger partial charge in [0.1, 0.15) is 0 Å². The Labute approximate surface area is 215 Å². The number of rotatable bonds is 5. The Morgan fingerprint density at radius 1 is 0.886 bits per heavy atom. The van der Waals surface area contributed by atoms with Crippen molar-refractivity contribution in [1.29, 1.82) is 0 Å². The van der Waals surface area contributed by atoms with Crippen LogP contribution >= 0.6 is 0 Å². The topological polar surface area (TPSA) is 51.8 Å². The Balaban J connectivity index is 1.35. The highest BCUT2D eigenvalue weighted by molar-refractivity contribution is 6.70. The van der Waals surface area contributed by atoms with Gasteiger partial charge in [-0.3, -0.25) is 0 Å². The van der Waals surface area contributed by atoms with Crippen molar-refractivity contribution in [2.75, 3.05) is 0 Å². The number of aliphatic hydroxyl groups is 1. The second-order valence-electron chi connectivity index (χ2n) is 15.0. The molecule has 4 saturated carbocycles. The van der Waals surface area contributed by atoms with Crippen LogP contribution in [0.2, 0.25) is 39.3 Å². The second-order valence-corrected chi connectivity index (χ2v) is 23.9. The fraction of sp³-hybridized carbons (Fsp3) is 0.862. The molecule has 1 aromatic heterocycles. The van der Waals surface area contributed by atoms with Gasteiger partial charge in [0, 0.05) is 17.6 Å². The van der Waals surface area contributed by atoms with Crippen LogP contribution < -0.4 is 4.43 Å². The lowest BCUT2D eigenvalue weighted by Gasteiger charge is -2.64. The average molecular weight is 519 g/mol. The molecule has 0 saturated heterocycles. The standard InChI is InChI=1S/C29H50O4Si2/c1-27-14-11-22(32-34(3,4)5)18-21(27)9-10-25-24(27)12-15-28(2)23(13-16-29(25,28)30)20-17-26(31-19-20)33-35(6,7)8/h17,19,21-25,30H,9-16,18H2,1-8H3/t21?,22?,23?,24-,25+,27-,28+,29+/m0/s1. The number of hydrogen-bond acceptors (Lipinski definition) is 4. The highest BCUT2D eigenvalue weighted by Gasteiger charge is 2.67. The molecule has 1 N–H and O–H groups in total. The Hall–Kier alpha value is -0.566. The van der Waals surface area contributed by atoms with Crippen molar-refractivity contribution >= 4 is 16.6 Å². The lowest BCUT2D eigenvalue weighted by Crippen LogP contribution is -2.62. The van der Waals surface area contributed by atoms with Crippen LogP contribution in [0, 0.1) is 28.6 Å². The van der Waals surface area contributed by atoms with Crippen LogP contribution in [-0.2, 0) is 4.43 Å². The van der Waals surface area contributed by atoms with Gasteiger partial charge in [-0.05, 0) is 132 Å². The molecule has 35 heavy (non-hydrogen) atoms. The van der Waals surface area contributed by atoms with Crippen LogP contribution in [0.3, 0.4) is 0 Å². The van der Waals surface area contributed by atoms with Crippen LogP contribution in [0.5, 0.6) is 5.95 Å². The molecule has 1 aromatic rings. The fourth-order valence-corrected chi connectivity index (χ4v) is 11.1. The van der Waals surface area contributed by atoms with Gasteiger partial charge >= 0.3 is 0 Å². The Morgan fingerprint density at radius 3 is 2.31 bits per heavy atom. The van der Waals surface area contributed by atoms with Crippen molar-refractivity contribution in [3.05, 3.63) is 17.9 Å². The molecule has 3 unspecified atom stereocenters. The van der Waals surface area contributed by atoms with E-state index >= 15 is 0 Å². The Bertz CT molecular complexity index is 932. The summed E-state index contributed by atoms with van der Waals surface area (Å²) in [6.45, 7) is 18.5. The normalized spacial score (nSPS) is 43.9. The van der Waals surface area contributed by atoms with Crippen molar-refractivity contribution in [3.8, 4) is 5.95 Å². The van der Waals surface area contributed by atoms with Crippen LogP contribution in [0.1, 0.15) is 83.1 Å². The summed E-state index contributed by atoms with van der Waals surface area (Å²) in [6, 6.07) is 2.13. The smallest absolute Gasteiger partial charge is 0.270 e. The molecule has 8 atom stereocenters. The highest BCUT2D eigenvalue weighted by Crippen LogP contribution is 2.70. The zero-order valence-corrected chi connectivity index (χ0v) is 25.6. The monoisotopic (exact) mass is 518 g/mol. The molecule has 1 heterocycles. The maximum absolute atomic E-state index is 12.5. The number of furan rings is 1. The summed E-state index contributed by atoms with van der Waals surface area (Å²) < 4.78 is 18.6. The molecule has 198 valence electrons. The predicted molar refractivity (Wildman–Crippen MR) is 147 cm³/mol. The van der Waals surface area contributed by atoms with Gasteiger partial charge < -0.3 is 18.4 Å². The maximum atomic E-state index is 12.5. The maximum Gasteiger partial charge on any atom is 0.270 e. The van der Waals surface area contributed by atoms with E-state index < -0.39 is 22.2 Å². The molecule has 4 fully saturated rings. The minimum Gasteiger partial charge on any atom is -0.519 e. The van der Waals surface area contributed by atoms with Crippen molar-refractivity contribution in [1.82, 2.24) is 0 Å². The van der Waals surface area contributed by atoms with Gasteiger partial charge in [0.15, 0.2) is 8.32 Å². The van der Waals surface area contributed by atoms with E-state index in [0.717, 1.165) is 25.2 Å². The third kappa shape index (κ3) is 4.42. The summed E-state index contributed by atoms with van der Waals surface area (Å²) in [6.07, 6.45) is 12.9. The molecule has 4 aliphatic carbocycles.